The van der Waals surface area contributed by atoms with Crippen LogP contribution in [-0.4, -0.2) is 55.6 Å². The summed E-state index contributed by atoms with van der Waals surface area (Å²) in [5.41, 5.74) is 2.14. The quantitative estimate of drug-likeness (QED) is 0.342. The fourth-order valence-corrected chi connectivity index (χ4v) is 3.27. The number of hydrogen-bond donors (Lipinski definition) is 2. The molecule has 1 saturated heterocycles. The van der Waals surface area contributed by atoms with E-state index in [9.17, 15) is 0 Å². The summed E-state index contributed by atoms with van der Waals surface area (Å²) in [5, 5.41) is 7.37. The van der Waals surface area contributed by atoms with Gasteiger partial charge < -0.3 is 20.4 Å². The number of aromatic nitrogens is 1. The highest BCUT2D eigenvalue weighted by molar-refractivity contribution is 14.0. The molecule has 2 heterocycles. The standard InChI is InChI=1S/C21H29ClN6.HI/c1-3-23-21(26-16-18-6-4-5-7-19(18)22)25-15-17-8-9-20(24-14-17)28-12-10-27(2)11-13-28;/h4-9,14H,3,10-13,15-16H2,1-2H3,(H2,23,25,26);1H. The molecule has 1 fully saturated rings. The summed E-state index contributed by atoms with van der Waals surface area (Å²) in [4.78, 5) is 14.0. The molecule has 0 amide bonds. The molecule has 1 aromatic carbocycles. The molecule has 0 unspecified atom stereocenters. The van der Waals surface area contributed by atoms with E-state index in [1.807, 2.05) is 30.5 Å². The van der Waals surface area contributed by atoms with Gasteiger partial charge in [-0.05, 0) is 37.2 Å². The van der Waals surface area contributed by atoms with Gasteiger partial charge in [0.25, 0.3) is 0 Å². The second-order valence-electron chi connectivity index (χ2n) is 6.96. The summed E-state index contributed by atoms with van der Waals surface area (Å²) in [6.07, 6.45) is 1.93. The second-order valence-corrected chi connectivity index (χ2v) is 7.36. The second kappa shape index (κ2) is 12.2. The van der Waals surface area contributed by atoms with Gasteiger partial charge in [0, 0.05) is 50.5 Å². The lowest BCUT2D eigenvalue weighted by atomic mass is 10.2. The van der Waals surface area contributed by atoms with Gasteiger partial charge in [0.1, 0.15) is 5.82 Å². The third kappa shape index (κ3) is 7.31. The van der Waals surface area contributed by atoms with Crippen LogP contribution < -0.4 is 15.5 Å². The van der Waals surface area contributed by atoms with Crippen LogP contribution in [0.2, 0.25) is 5.02 Å². The van der Waals surface area contributed by atoms with Gasteiger partial charge in [0.15, 0.2) is 5.96 Å². The normalized spacial score (nSPS) is 15.0. The third-order valence-electron chi connectivity index (χ3n) is 4.80. The smallest absolute Gasteiger partial charge is 0.191 e. The van der Waals surface area contributed by atoms with Crippen LogP contribution in [0, 0.1) is 0 Å². The highest BCUT2D eigenvalue weighted by atomic mass is 127. The highest BCUT2D eigenvalue weighted by Crippen LogP contribution is 2.15. The van der Waals surface area contributed by atoms with E-state index < -0.39 is 0 Å². The van der Waals surface area contributed by atoms with Crippen LogP contribution in [0.15, 0.2) is 47.6 Å². The summed E-state index contributed by atoms with van der Waals surface area (Å²) >= 11 is 6.23. The Morgan fingerprint density at radius 3 is 2.52 bits per heavy atom. The van der Waals surface area contributed by atoms with Crippen LogP contribution in [0.25, 0.3) is 0 Å². The molecule has 1 aliphatic rings. The molecule has 0 atom stereocenters. The predicted octanol–water partition coefficient (Wildman–Crippen LogP) is 3.36. The number of likely N-dealkylation sites (N-methyl/N-ethyl adjacent to an activating group) is 1. The van der Waals surface area contributed by atoms with Crippen molar-refractivity contribution in [1.29, 1.82) is 0 Å². The maximum Gasteiger partial charge on any atom is 0.191 e. The molecule has 2 N–H and O–H groups in total. The first kappa shape index (κ1) is 23.7. The van der Waals surface area contributed by atoms with Crippen molar-refractivity contribution in [1.82, 2.24) is 20.5 Å². The van der Waals surface area contributed by atoms with Crippen LogP contribution in [-0.2, 0) is 13.1 Å². The first-order valence-corrected chi connectivity index (χ1v) is 10.2. The Balaban J connectivity index is 0.00000300. The molecule has 158 valence electrons. The van der Waals surface area contributed by atoms with Crippen molar-refractivity contribution < 1.29 is 0 Å². The third-order valence-corrected chi connectivity index (χ3v) is 5.17. The van der Waals surface area contributed by atoms with E-state index in [1.165, 1.54) is 0 Å². The minimum Gasteiger partial charge on any atom is -0.357 e. The Labute approximate surface area is 195 Å². The topological polar surface area (TPSA) is 55.8 Å². The van der Waals surface area contributed by atoms with Gasteiger partial charge in [-0.3, -0.25) is 0 Å². The van der Waals surface area contributed by atoms with Gasteiger partial charge in [-0.15, -0.1) is 24.0 Å². The fraction of sp³-hybridized carbons (Fsp3) is 0.429. The number of nitrogens with one attached hydrogen (secondary N) is 2. The Morgan fingerprint density at radius 1 is 1.10 bits per heavy atom. The Bertz CT molecular complexity index is 775. The van der Waals surface area contributed by atoms with Crippen molar-refractivity contribution in [2.75, 3.05) is 44.7 Å². The Kier molecular flexibility index (Phi) is 9.96. The number of anilines is 1. The zero-order chi connectivity index (χ0) is 19.8. The van der Waals surface area contributed by atoms with Crippen molar-refractivity contribution in [2.24, 2.45) is 4.99 Å². The molecule has 29 heavy (non-hydrogen) atoms. The van der Waals surface area contributed by atoms with E-state index in [0.717, 1.165) is 60.7 Å². The number of pyridine rings is 1. The van der Waals surface area contributed by atoms with Gasteiger partial charge in [-0.2, -0.15) is 0 Å². The maximum atomic E-state index is 6.23. The average Bonchev–Trinajstić information content (AvgIpc) is 2.72. The minimum atomic E-state index is 0. The van der Waals surface area contributed by atoms with Crippen LogP contribution in [0.3, 0.4) is 0 Å². The van der Waals surface area contributed by atoms with Crippen molar-refractivity contribution >= 4 is 47.4 Å². The summed E-state index contributed by atoms with van der Waals surface area (Å²) in [6.45, 7) is 8.27. The van der Waals surface area contributed by atoms with Gasteiger partial charge in [0.05, 0.1) is 6.54 Å². The fourth-order valence-electron chi connectivity index (χ4n) is 3.07. The van der Waals surface area contributed by atoms with Crippen LogP contribution in [0.4, 0.5) is 5.82 Å². The molecule has 1 aliphatic heterocycles. The molecule has 0 aliphatic carbocycles. The lowest BCUT2D eigenvalue weighted by Gasteiger charge is -2.33. The molecule has 3 rings (SSSR count). The molecule has 6 nitrogen and oxygen atoms in total. The molecule has 0 radical (unpaired) electrons. The predicted molar refractivity (Wildman–Crippen MR) is 132 cm³/mol. The first-order chi connectivity index (χ1) is 13.7. The summed E-state index contributed by atoms with van der Waals surface area (Å²) in [7, 11) is 2.16. The molecule has 0 bridgehead atoms. The lowest BCUT2D eigenvalue weighted by molar-refractivity contribution is 0.312. The average molecular weight is 529 g/mol. The number of halogens is 2. The van der Waals surface area contributed by atoms with Crippen LogP contribution >= 0.6 is 35.6 Å². The van der Waals surface area contributed by atoms with Crippen molar-refractivity contribution in [3.63, 3.8) is 0 Å². The number of piperazine rings is 1. The Morgan fingerprint density at radius 2 is 1.86 bits per heavy atom. The van der Waals surface area contributed by atoms with Crippen LogP contribution in [0.1, 0.15) is 18.1 Å². The molecule has 8 heteroatoms. The van der Waals surface area contributed by atoms with E-state index in [0.29, 0.717) is 13.1 Å². The molecule has 2 aromatic rings. The first-order valence-electron chi connectivity index (χ1n) is 9.79. The summed E-state index contributed by atoms with van der Waals surface area (Å²) in [5.74, 6) is 1.81. The van der Waals surface area contributed by atoms with Crippen LogP contribution in [0.5, 0.6) is 0 Å². The molecule has 0 saturated carbocycles. The van der Waals surface area contributed by atoms with E-state index in [-0.39, 0.29) is 24.0 Å². The number of rotatable bonds is 6. The number of guanidine groups is 1. The van der Waals surface area contributed by atoms with E-state index in [2.05, 4.69) is 56.5 Å². The van der Waals surface area contributed by atoms with E-state index in [4.69, 9.17) is 11.6 Å². The lowest BCUT2D eigenvalue weighted by Crippen LogP contribution is -2.44. The number of nitrogens with zero attached hydrogens (tertiary/aromatic N) is 4. The highest BCUT2D eigenvalue weighted by Gasteiger charge is 2.14. The molecule has 1 aromatic heterocycles. The van der Waals surface area contributed by atoms with Crippen molar-refractivity contribution in [2.45, 2.75) is 20.0 Å². The maximum absolute atomic E-state index is 6.23. The van der Waals surface area contributed by atoms with Crippen molar-refractivity contribution in [3.8, 4) is 0 Å². The zero-order valence-electron chi connectivity index (χ0n) is 17.1. The monoisotopic (exact) mass is 528 g/mol. The SMILES string of the molecule is CCNC(=NCc1ccc(N2CCN(C)CC2)nc1)NCc1ccccc1Cl.I. The van der Waals surface area contributed by atoms with Crippen molar-refractivity contribution in [3.05, 3.63) is 58.7 Å². The van der Waals surface area contributed by atoms with Gasteiger partial charge in [0.2, 0.25) is 0 Å². The molecule has 0 spiro atoms. The Hall–Kier alpha value is -1.58. The van der Waals surface area contributed by atoms with Gasteiger partial charge >= 0.3 is 0 Å². The molecular formula is C21H30ClIN6. The minimum absolute atomic E-state index is 0. The number of hydrogen-bond acceptors (Lipinski definition) is 4. The zero-order valence-corrected chi connectivity index (χ0v) is 20.2. The summed E-state index contributed by atoms with van der Waals surface area (Å²) < 4.78 is 0. The summed E-state index contributed by atoms with van der Waals surface area (Å²) in [6, 6.07) is 12.0. The van der Waals surface area contributed by atoms with E-state index in [1.54, 1.807) is 0 Å². The number of aliphatic imine (C=N–C) groups is 1. The van der Waals surface area contributed by atoms with Gasteiger partial charge in [-0.25, -0.2) is 9.98 Å². The molecular weight excluding hydrogens is 499 g/mol. The number of benzene rings is 1. The largest absolute Gasteiger partial charge is 0.357 e. The van der Waals surface area contributed by atoms with Gasteiger partial charge in [-0.1, -0.05) is 35.9 Å². The van der Waals surface area contributed by atoms with E-state index >= 15 is 0 Å².